The van der Waals surface area contributed by atoms with E-state index >= 15 is 0 Å². The first-order chi connectivity index (χ1) is 15.0. The normalized spacial score (nSPS) is 10.5. The Kier molecular flexibility index (Phi) is 5.49. The molecular formula is C24H19N3O4. The molecule has 2 N–H and O–H groups in total. The summed E-state index contributed by atoms with van der Waals surface area (Å²) >= 11 is 0. The Balaban J connectivity index is 1.76. The van der Waals surface area contributed by atoms with Gasteiger partial charge in [0.1, 0.15) is 11.4 Å². The molecule has 0 fully saturated rings. The molecule has 7 heteroatoms. The molecule has 0 spiro atoms. The summed E-state index contributed by atoms with van der Waals surface area (Å²) in [6, 6.07) is 22.8. The predicted molar refractivity (Wildman–Crippen MR) is 117 cm³/mol. The van der Waals surface area contributed by atoms with Crippen LogP contribution in [0, 0.1) is 0 Å². The molecule has 0 bridgehead atoms. The molecule has 3 aromatic carbocycles. The van der Waals surface area contributed by atoms with Gasteiger partial charge in [0.25, 0.3) is 5.91 Å². The van der Waals surface area contributed by atoms with Crippen molar-refractivity contribution in [3.63, 3.8) is 0 Å². The molecule has 7 nitrogen and oxygen atoms in total. The molecule has 0 aliphatic heterocycles. The quantitative estimate of drug-likeness (QED) is 0.486. The number of ether oxygens (including phenoxy) is 1. The van der Waals surface area contributed by atoms with E-state index in [1.165, 1.54) is 12.1 Å². The molecule has 154 valence electrons. The molecule has 1 heterocycles. The lowest BCUT2D eigenvalue weighted by molar-refractivity contribution is 0.0696. The second kappa shape index (κ2) is 8.54. The van der Waals surface area contributed by atoms with Crippen molar-refractivity contribution in [1.82, 2.24) is 9.78 Å². The number of nitrogens with zero attached hydrogens (tertiary/aromatic N) is 2. The summed E-state index contributed by atoms with van der Waals surface area (Å²) in [5, 5.41) is 16.6. The summed E-state index contributed by atoms with van der Waals surface area (Å²) in [6.07, 6.45) is 1.65. The van der Waals surface area contributed by atoms with Crippen molar-refractivity contribution in [3.05, 3.63) is 96.2 Å². The largest absolute Gasteiger partial charge is 0.497 e. The van der Waals surface area contributed by atoms with Crippen molar-refractivity contribution < 1.29 is 19.4 Å². The molecule has 1 amide bonds. The van der Waals surface area contributed by atoms with E-state index in [1.807, 2.05) is 48.5 Å². The van der Waals surface area contributed by atoms with Crippen molar-refractivity contribution in [2.75, 3.05) is 12.4 Å². The monoisotopic (exact) mass is 413 g/mol. The zero-order chi connectivity index (χ0) is 21.8. The summed E-state index contributed by atoms with van der Waals surface area (Å²) in [7, 11) is 1.57. The maximum Gasteiger partial charge on any atom is 0.335 e. The van der Waals surface area contributed by atoms with Crippen LogP contribution in [0.2, 0.25) is 0 Å². The molecule has 0 radical (unpaired) electrons. The second-order valence-electron chi connectivity index (χ2n) is 6.74. The number of methoxy groups -OCH3 is 1. The standard InChI is InChI=1S/C24H19N3O4/c1-31-20-12-6-7-16(14-20)22-21(15-27(26-22)19-10-3-2-4-11-19)23(28)25-18-9-5-8-17(13-18)24(29)30/h2-15H,1H3,(H,25,28)(H,29,30). The molecule has 4 aromatic rings. The van der Waals surface area contributed by atoms with Crippen LogP contribution in [0.1, 0.15) is 20.7 Å². The Bertz CT molecular complexity index is 1250. The number of para-hydroxylation sites is 1. The van der Waals surface area contributed by atoms with Crippen LogP contribution in [-0.2, 0) is 0 Å². The summed E-state index contributed by atoms with van der Waals surface area (Å²) in [5.41, 5.74) is 2.82. The number of aromatic nitrogens is 2. The Morgan fingerprint density at radius 3 is 2.48 bits per heavy atom. The maximum absolute atomic E-state index is 13.1. The van der Waals surface area contributed by atoms with Gasteiger partial charge in [-0.1, -0.05) is 36.4 Å². The minimum Gasteiger partial charge on any atom is -0.497 e. The molecule has 0 aliphatic carbocycles. The average Bonchev–Trinajstić information content (AvgIpc) is 3.26. The van der Waals surface area contributed by atoms with Crippen molar-refractivity contribution in [1.29, 1.82) is 0 Å². The topological polar surface area (TPSA) is 93.5 Å². The third-order valence-electron chi connectivity index (χ3n) is 4.69. The average molecular weight is 413 g/mol. The molecule has 0 unspecified atom stereocenters. The van der Waals surface area contributed by atoms with Gasteiger partial charge in [-0.3, -0.25) is 4.79 Å². The van der Waals surface area contributed by atoms with Crippen LogP contribution in [0.3, 0.4) is 0 Å². The highest BCUT2D eigenvalue weighted by Crippen LogP contribution is 2.27. The fourth-order valence-electron chi connectivity index (χ4n) is 3.17. The van der Waals surface area contributed by atoms with E-state index in [2.05, 4.69) is 10.4 Å². The Morgan fingerprint density at radius 1 is 0.968 bits per heavy atom. The van der Waals surface area contributed by atoms with Crippen molar-refractivity contribution >= 4 is 17.6 Å². The lowest BCUT2D eigenvalue weighted by Crippen LogP contribution is -2.13. The fourth-order valence-corrected chi connectivity index (χ4v) is 3.17. The van der Waals surface area contributed by atoms with Gasteiger partial charge in [0.05, 0.1) is 23.9 Å². The number of carboxylic acid groups (broad SMARTS) is 1. The number of anilines is 1. The van der Waals surface area contributed by atoms with Gasteiger partial charge >= 0.3 is 5.97 Å². The minimum atomic E-state index is -1.06. The van der Waals surface area contributed by atoms with Crippen LogP contribution < -0.4 is 10.1 Å². The van der Waals surface area contributed by atoms with Crippen molar-refractivity contribution in [3.8, 4) is 22.7 Å². The van der Waals surface area contributed by atoms with E-state index in [0.29, 0.717) is 22.7 Å². The third kappa shape index (κ3) is 4.30. The number of carbonyl (C=O) groups is 2. The van der Waals surface area contributed by atoms with Crippen LogP contribution >= 0.6 is 0 Å². The molecule has 0 saturated heterocycles. The maximum atomic E-state index is 13.1. The first-order valence-corrected chi connectivity index (χ1v) is 9.49. The van der Waals surface area contributed by atoms with Gasteiger partial charge in [-0.15, -0.1) is 0 Å². The molecule has 31 heavy (non-hydrogen) atoms. The van der Waals surface area contributed by atoms with E-state index in [9.17, 15) is 14.7 Å². The summed E-state index contributed by atoms with van der Waals surface area (Å²) in [6.45, 7) is 0. The highest BCUT2D eigenvalue weighted by atomic mass is 16.5. The Hall–Kier alpha value is -4.39. The van der Waals surface area contributed by atoms with E-state index in [1.54, 1.807) is 36.2 Å². The highest BCUT2D eigenvalue weighted by molar-refractivity contribution is 6.08. The summed E-state index contributed by atoms with van der Waals surface area (Å²) in [4.78, 5) is 24.4. The van der Waals surface area contributed by atoms with Crippen LogP contribution in [0.5, 0.6) is 5.75 Å². The summed E-state index contributed by atoms with van der Waals surface area (Å²) < 4.78 is 6.94. The number of rotatable bonds is 6. The van der Waals surface area contributed by atoms with E-state index in [4.69, 9.17) is 4.74 Å². The molecule has 0 saturated carbocycles. The molecule has 0 aliphatic rings. The first-order valence-electron chi connectivity index (χ1n) is 9.49. The van der Waals surface area contributed by atoms with Gasteiger partial charge in [0.2, 0.25) is 0 Å². The number of amides is 1. The Labute approximate surface area is 178 Å². The van der Waals surface area contributed by atoms with E-state index in [-0.39, 0.29) is 5.56 Å². The first kappa shape index (κ1) is 19.9. The number of aromatic carboxylic acids is 1. The molecule has 1 aromatic heterocycles. The van der Waals surface area contributed by atoms with Gasteiger partial charge < -0.3 is 15.2 Å². The molecule has 4 rings (SSSR count). The van der Waals surface area contributed by atoms with Gasteiger partial charge in [0, 0.05) is 17.4 Å². The second-order valence-corrected chi connectivity index (χ2v) is 6.74. The lowest BCUT2D eigenvalue weighted by Gasteiger charge is -2.07. The zero-order valence-corrected chi connectivity index (χ0v) is 16.6. The van der Waals surface area contributed by atoms with E-state index < -0.39 is 11.9 Å². The highest BCUT2D eigenvalue weighted by Gasteiger charge is 2.19. The van der Waals surface area contributed by atoms with Crippen LogP contribution in [0.15, 0.2) is 85.1 Å². The number of hydrogen-bond acceptors (Lipinski definition) is 4. The number of carboxylic acids is 1. The predicted octanol–water partition coefficient (Wildman–Crippen LogP) is 4.50. The molecular weight excluding hydrogens is 394 g/mol. The number of nitrogens with one attached hydrogen (secondary N) is 1. The van der Waals surface area contributed by atoms with Crippen molar-refractivity contribution in [2.45, 2.75) is 0 Å². The number of carbonyl (C=O) groups excluding carboxylic acids is 1. The Morgan fingerprint density at radius 2 is 1.74 bits per heavy atom. The third-order valence-corrected chi connectivity index (χ3v) is 4.69. The zero-order valence-electron chi connectivity index (χ0n) is 16.6. The van der Waals surface area contributed by atoms with Gasteiger partial charge in [-0.2, -0.15) is 5.10 Å². The number of benzene rings is 3. The van der Waals surface area contributed by atoms with Crippen LogP contribution in [-0.4, -0.2) is 33.9 Å². The van der Waals surface area contributed by atoms with Gasteiger partial charge in [-0.05, 0) is 42.5 Å². The summed E-state index contributed by atoms with van der Waals surface area (Å²) in [5.74, 6) is -0.820. The van der Waals surface area contributed by atoms with E-state index in [0.717, 1.165) is 11.3 Å². The number of hydrogen-bond donors (Lipinski definition) is 2. The smallest absolute Gasteiger partial charge is 0.335 e. The van der Waals surface area contributed by atoms with Crippen LogP contribution in [0.4, 0.5) is 5.69 Å². The van der Waals surface area contributed by atoms with Gasteiger partial charge in [-0.25, -0.2) is 9.48 Å². The van der Waals surface area contributed by atoms with Gasteiger partial charge in [0.15, 0.2) is 0 Å². The minimum absolute atomic E-state index is 0.0887. The van der Waals surface area contributed by atoms with Crippen LogP contribution in [0.25, 0.3) is 16.9 Å². The van der Waals surface area contributed by atoms with Crippen molar-refractivity contribution in [2.24, 2.45) is 0 Å². The SMILES string of the molecule is COc1cccc(-c2nn(-c3ccccc3)cc2C(=O)Nc2cccc(C(=O)O)c2)c1. The fraction of sp³-hybridized carbons (Fsp3) is 0.0417. The lowest BCUT2D eigenvalue weighted by atomic mass is 10.1. The molecule has 0 atom stereocenters.